The van der Waals surface area contributed by atoms with Crippen LogP contribution in [0.4, 0.5) is 0 Å². The van der Waals surface area contributed by atoms with Crippen molar-refractivity contribution in [1.82, 2.24) is 0 Å². The zero-order chi connectivity index (χ0) is 64.8. The molecule has 494 valence electrons. The van der Waals surface area contributed by atoms with Crippen molar-refractivity contribution in [1.29, 1.82) is 0 Å². The predicted molar refractivity (Wildman–Crippen MR) is 365 cm³/mol. The molecule has 0 aliphatic carbocycles. The summed E-state index contributed by atoms with van der Waals surface area (Å²) in [5, 5.41) is 12.3. The van der Waals surface area contributed by atoms with Crippen LogP contribution in [-0.4, -0.2) is 123 Å². The molecule has 0 amide bonds. The van der Waals surface area contributed by atoms with Crippen molar-refractivity contribution >= 4 is 35.3 Å². The molecular weight excluding hydrogens is 1180 g/mol. The fraction of sp³-hybridized carbons (Fsp3) is 0.611. The van der Waals surface area contributed by atoms with Crippen LogP contribution in [0.1, 0.15) is 142 Å². The van der Waals surface area contributed by atoms with Crippen LogP contribution in [0.2, 0.25) is 41.3 Å². The second-order valence-electron chi connectivity index (χ2n) is 29.0. The number of methoxy groups -OCH3 is 2. The number of aliphatic hydroxyl groups excluding tert-OH is 1. The van der Waals surface area contributed by atoms with Gasteiger partial charge < -0.3 is 61.8 Å². The van der Waals surface area contributed by atoms with Crippen molar-refractivity contribution in [2.24, 2.45) is 11.8 Å². The summed E-state index contributed by atoms with van der Waals surface area (Å²) in [5.74, 6) is 0.500. The van der Waals surface area contributed by atoms with Gasteiger partial charge in [0.15, 0.2) is 28.2 Å². The van der Waals surface area contributed by atoms with Crippen molar-refractivity contribution in [2.75, 3.05) is 27.4 Å². The smallest absolute Gasteiger partial charge is 0.870 e. The van der Waals surface area contributed by atoms with Gasteiger partial charge >= 0.3 is 29.6 Å². The fourth-order valence-electron chi connectivity index (χ4n) is 10.7. The van der Waals surface area contributed by atoms with Crippen LogP contribution in [0.15, 0.2) is 133 Å². The van der Waals surface area contributed by atoms with E-state index in [2.05, 4.69) is 201 Å². The Morgan fingerprint density at radius 3 is 1.17 bits per heavy atom. The third kappa shape index (κ3) is 23.0. The van der Waals surface area contributed by atoms with Crippen molar-refractivity contribution in [3.8, 4) is 11.5 Å². The van der Waals surface area contributed by atoms with Gasteiger partial charge in [0, 0.05) is 25.4 Å². The van der Waals surface area contributed by atoms with Gasteiger partial charge in [0.1, 0.15) is 35.9 Å². The van der Waals surface area contributed by atoms with Gasteiger partial charge in [0.25, 0.3) is 8.32 Å². The number of rotatable bonds is 28. The molecule has 0 aromatic heterocycles. The summed E-state index contributed by atoms with van der Waals surface area (Å²) < 4.78 is 70.2. The van der Waals surface area contributed by atoms with Gasteiger partial charge in [-0.1, -0.05) is 185 Å². The summed E-state index contributed by atoms with van der Waals surface area (Å²) in [4.78, 5) is 0. The van der Waals surface area contributed by atoms with E-state index in [4.69, 9.17) is 51.2 Å². The van der Waals surface area contributed by atoms with E-state index in [-0.39, 0.29) is 117 Å². The molecule has 6 rings (SSSR count). The third-order valence-electron chi connectivity index (χ3n) is 18.1. The minimum absolute atomic E-state index is 0. The Hall–Kier alpha value is -2.83. The zero-order valence-corrected chi connectivity index (χ0v) is 64.1. The first-order valence-corrected chi connectivity index (χ1v) is 39.5. The molecule has 2 heterocycles. The molecule has 0 saturated carbocycles. The topological polar surface area (TPSA) is 152 Å². The van der Waals surface area contributed by atoms with E-state index in [1.54, 1.807) is 14.2 Å². The Kier molecular flexibility index (Phi) is 31.2. The van der Waals surface area contributed by atoms with E-state index in [1.165, 1.54) is 10.4 Å². The van der Waals surface area contributed by atoms with Crippen molar-refractivity contribution < 1.29 is 91.3 Å². The van der Waals surface area contributed by atoms with Gasteiger partial charge in [0.05, 0.1) is 39.6 Å². The molecule has 2 fully saturated rings. The molecule has 0 spiro atoms. The normalized spacial score (nSPS) is 21.0. The molecule has 2 aliphatic rings. The number of ether oxygens (including phenoxy) is 8. The van der Waals surface area contributed by atoms with Gasteiger partial charge in [-0.25, -0.2) is 0 Å². The van der Waals surface area contributed by atoms with Crippen molar-refractivity contribution in [3.63, 3.8) is 0 Å². The standard InChI is InChI=1S/C44H66O6Si2.C28H48O6Si.Na.H2O/c1-33(34(2)50-51(12,13)42(3,4)5)24-29-39(46-32-35-25-27-36(45-11)28-26-35)41-40(48-44(9,10)49-41)30-31-47-52(43(6,7)8,37-20-16-14-17-21-37)38-22-18-15-19-23-38;1-20(21(2)34-35(9,10)27(3,4)5)11-16-24(26-25(17-18-29)32-28(6,7)33-26)31-19-22-12-14-23(30-8)15-13-22;;/h14-29,33-34,39-41H,30-32H2,1-13H3;11-16,20-21,24-26,29H,17-19H2,1-10H3;;1H2/q;;+1;/p-1/b29-24-;16-11-;;/t33-,34+,39?,40+,41-;20-,21+,24?,25+,26-;;/m11../s1. The molecule has 13 nitrogen and oxygen atoms in total. The van der Waals surface area contributed by atoms with E-state index in [0.29, 0.717) is 32.7 Å². The van der Waals surface area contributed by atoms with Crippen LogP contribution in [0.25, 0.3) is 0 Å². The summed E-state index contributed by atoms with van der Waals surface area (Å²) in [7, 11) is -3.18. The van der Waals surface area contributed by atoms with Gasteiger partial charge in [0.2, 0.25) is 0 Å². The fourth-order valence-corrected chi connectivity index (χ4v) is 18.2. The van der Waals surface area contributed by atoms with E-state index in [1.807, 2.05) is 76.2 Å². The summed E-state index contributed by atoms with van der Waals surface area (Å²) in [6, 6.07) is 37.5. The molecule has 2 unspecified atom stereocenters. The third-order valence-corrected chi connectivity index (χ3v) is 32.3. The average molecular weight is 1300 g/mol. The summed E-state index contributed by atoms with van der Waals surface area (Å²) >= 11 is 0. The SMILES string of the molecule is COc1ccc(COC(/C=C\[C@@H](C)[C@H](C)O[Si](C)(C)C(C)(C)C)[C@H]2OC(C)(C)O[C@H]2CCO)cc1.COc1ccc(COC(/C=C\[C@@H](C)[C@H](C)O[Si](C)(C)C(C)(C)C)[C@H]2OC(C)(C)O[C@H]2CCO[Si](c2ccccc2)(c2ccccc2)C(C)(C)C)cc1.[Na+].[OH-]. The van der Waals surface area contributed by atoms with E-state index < -0.39 is 36.5 Å². The summed E-state index contributed by atoms with van der Waals surface area (Å²) in [6.07, 6.45) is 8.11. The van der Waals surface area contributed by atoms with E-state index in [0.717, 1.165) is 22.6 Å². The van der Waals surface area contributed by atoms with Crippen molar-refractivity contribution in [3.05, 3.63) is 145 Å². The Morgan fingerprint density at radius 2 is 0.854 bits per heavy atom. The Balaban J connectivity index is 0.000000490. The van der Waals surface area contributed by atoms with Gasteiger partial charge in [-0.2, -0.15) is 0 Å². The first-order valence-electron chi connectivity index (χ1n) is 31.8. The molecular formula is C72H115NaO13Si3. The average Bonchev–Trinajstić information content (AvgIpc) is 1.54. The predicted octanol–water partition coefficient (Wildman–Crippen LogP) is 12.6. The van der Waals surface area contributed by atoms with Crippen LogP contribution < -0.4 is 49.4 Å². The van der Waals surface area contributed by atoms with Crippen LogP contribution in [-0.2, 0) is 54.9 Å². The van der Waals surface area contributed by atoms with Gasteiger partial charge in [-0.3, -0.25) is 0 Å². The molecule has 89 heavy (non-hydrogen) atoms. The summed E-state index contributed by atoms with van der Waals surface area (Å²) in [6.45, 7) is 47.7. The minimum atomic E-state index is -2.71. The molecule has 4 aromatic carbocycles. The maximum Gasteiger partial charge on any atom is 1.00 e. The van der Waals surface area contributed by atoms with E-state index >= 15 is 0 Å². The molecule has 10 atom stereocenters. The maximum atomic E-state index is 9.60. The quantitative estimate of drug-likeness (QED) is 0.0425. The molecule has 2 N–H and O–H groups in total. The largest absolute Gasteiger partial charge is 1.00 e. The van der Waals surface area contributed by atoms with Gasteiger partial charge in [-0.15, -0.1) is 0 Å². The number of aliphatic hydroxyl groups is 1. The number of hydrogen-bond acceptors (Lipinski definition) is 13. The van der Waals surface area contributed by atoms with Gasteiger partial charge in [-0.05, 0) is 153 Å². The monoisotopic (exact) mass is 1290 g/mol. The Labute approximate surface area is 563 Å². The van der Waals surface area contributed by atoms with Crippen molar-refractivity contribution in [2.45, 2.75) is 245 Å². The number of hydrogen-bond donors (Lipinski definition) is 1. The number of benzene rings is 4. The molecule has 2 saturated heterocycles. The second kappa shape index (κ2) is 34.5. The summed E-state index contributed by atoms with van der Waals surface area (Å²) in [5.41, 5.74) is 2.11. The van der Waals surface area contributed by atoms with E-state index in [9.17, 15) is 5.11 Å². The second-order valence-corrected chi connectivity index (χ2v) is 42.8. The molecule has 17 heteroatoms. The Bertz CT molecular complexity index is 2670. The van der Waals surface area contributed by atoms with Crippen LogP contribution in [0.5, 0.6) is 11.5 Å². The Morgan fingerprint density at radius 1 is 0.506 bits per heavy atom. The first kappa shape index (κ1) is 80.4. The molecule has 0 bridgehead atoms. The minimum Gasteiger partial charge on any atom is -0.870 e. The molecule has 4 aromatic rings. The van der Waals surface area contributed by atoms with Crippen LogP contribution in [0, 0.1) is 11.8 Å². The zero-order valence-electron chi connectivity index (χ0n) is 59.1. The molecule has 0 radical (unpaired) electrons. The van der Waals surface area contributed by atoms with Crippen LogP contribution in [0.3, 0.4) is 0 Å². The maximum absolute atomic E-state index is 9.60. The van der Waals surface area contributed by atoms with Crippen LogP contribution >= 0.6 is 0 Å². The first-order chi connectivity index (χ1) is 40.5. The molecule has 2 aliphatic heterocycles.